The molecule has 1 unspecified atom stereocenters. The largest absolute Gasteiger partial charge is 0.420 e. The predicted octanol–water partition coefficient (Wildman–Crippen LogP) is 4.42. The van der Waals surface area contributed by atoms with Crippen LogP contribution in [0.1, 0.15) is 72.4 Å². The topological polar surface area (TPSA) is 81.5 Å². The molecule has 2 aromatic carbocycles. The van der Waals surface area contributed by atoms with E-state index < -0.39 is 35.2 Å². The Hall–Kier alpha value is -3.88. The summed E-state index contributed by atoms with van der Waals surface area (Å²) in [7, 11) is 0. The third kappa shape index (κ3) is 4.19. The molecule has 0 bridgehead atoms. The lowest BCUT2D eigenvalue weighted by Crippen LogP contribution is -2.50. The van der Waals surface area contributed by atoms with Crippen molar-refractivity contribution in [2.24, 2.45) is 5.92 Å². The lowest BCUT2D eigenvalue weighted by molar-refractivity contribution is -0.137. The highest BCUT2D eigenvalue weighted by atomic mass is 19.1. The molecule has 5 rings (SSSR count). The smallest absolute Gasteiger partial charge is 0.313 e. The number of carbonyl (C=O) groups is 2. The second kappa shape index (κ2) is 9.78. The van der Waals surface area contributed by atoms with Crippen molar-refractivity contribution in [2.75, 3.05) is 6.54 Å². The number of rotatable bonds is 4. The van der Waals surface area contributed by atoms with Crippen LogP contribution in [0.15, 0.2) is 47.4 Å². The Morgan fingerprint density at radius 3 is 2.08 bits per heavy atom. The van der Waals surface area contributed by atoms with Crippen molar-refractivity contribution >= 4 is 11.9 Å². The minimum absolute atomic E-state index is 0.142. The number of amides is 1. The summed E-state index contributed by atoms with van der Waals surface area (Å²) in [6.07, 6.45) is 1.65. The van der Waals surface area contributed by atoms with Crippen molar-refractivity contribution in [3.05, 3.63) is 92.4 Å². The Labute approximate surface area is 219 Å². The van der Waals surface area contributed by atoms with Crippen LogP contribution in [0, 0.1) is 17.6 Å². The second-order valence-corrected chi connectivity index (χ2v) is 10.4. The molecule has 198 valence electrons. The van der Waals surface area contributed by atoms with Crippen LogP contribution in [0.2, 0.25) is 0 Å². The molecule has 1 amide bonds. The van der Waals surface area contributed by atoms with Crippen molar-refractivity contribution in [2.45, 2.75) is 58.5 Å². The van der Waals surface area contributed by atoms with E-state index in [1.807, 2.05) is 26.0 Å². The van der Waals surface area contributed by atoms with Gasteiger partial charge in [-0.15, -0.1) is 0 Å². The van der Waals surface area contributed by atoms with Crippen LogP contribution in [0.4, 0.5) is 8.78 Å². The highest BCUT2D eigenvalue weighted by Gasteiger charge is 2.43. The molecule has 1 aliphatic heterocycles. The van der Waals surface area contributed by atoms with E-state index in [4.69, 9.17) is 4.74 Å². The second-order valence-electron chi connectivity index (χ2n) is 10.4. The summed E-state index contributed by atoms with van der Waals surface area (Å²) in [5, 5.41) is 4.33. The molecule has 0 saturated heterocycles. The van der Waals surface area contributed by atoms with E-state index in [1.54, 1.807) is 30.9 Å². The number of carbonyl (C=O) groups excluding carboxylic acids is 2. The Morgan fingerprint density at radius 2 is 1.55 bits per heavy atom. The molecule has 3 aromatic rings. The van der Waals surface area contributed by atoms with Gasteiger partial charge in [0.2, 0.25) is 11.2 Å². The van der Waals surface area contributed by atoms with Crippen molar-refractivity contribution in [3.8, 4) is 5.75 Å². The van der Waals surface area contributed by atoms with Crippen LogP contribution in [0.3, 0.4) is 0 Å². The fourth-order valence-electron chi connectivity index (χ4n) is 5.50. The molecule has 1 aromatic heterocycles. The summed E-state index contributed by atoms with van der Waals surface area (Å²) in [6, 6.07) is 8.75. The maximum absolute atomic E-state index is 15.1. The van der Waals surface area contributed by atoms with Gasteiger partial charge in [-0.25, -0.2) is 8.78 Å². The van der Waals surface area contributed by atoms with Crippen LogP contribution >= 0.6 is 0 Å². The van der Waals surface area contributed by atoms with Crippen molar-refractivity contribution < 1.29 is 23.1 Å². The zero-order valence-electron chi connectivity index (χ0n) is 21.7. The molecular weight excluding hydrogens is 492 g/mol. The standard InChI is InChI=1S/C29H29F2N3O4/c1-15(2)29(37)38-27-24(35)13-32-34-23(14-33(16(3)4)28(36)26(27)34)25-19-7-5-9-21(30)17(19)11-12-18-20(25)8-6-10-22(18)31/h5-10,13,15-16,23,25H,11-12,14H2,1-4H3. The van der Waals surface area contributed by atoms with E-state index in [2.05, 4.69) is 5.10 Å². The molecule has 7 nitrogen and oxygen atoms in total. The van der Waals surface area contributed by atoms with E-state index in [9.17, 15) is 14.4 Å². The highest BCUT2D eigenvalue weighted by molar-refractivity contribution is 5.97. The number of ether oxygens (including phenoxy) is 1. The molecule has 2 heterocycles. The minimum Gasteiger partial charge on any atom is -0.420 e. The zero-order valence-corrected chi connectivity index (χ0v) is 21.7. The molecule has 0 radical (unpaired) electrons. The van der Waals surface area contributed by atoms with E-state index in [0.29, 0.717) is 35.1 Å². The Bertz CT molecular complexity index is 1440. The highest BCUT2D eigenvalue weighted by Crippen LogP contribution is 2.45. The number of aromatic nitrogens is 2. The first kappa shape index (κ1) is 25.8. The number of nitrogens with zero attached hydrogens (tertiary/aromatic N) is 3. The van der Waals surface area contributed by atoms with Gasteiger partial charge in [0, 0.05) is 18.5 Å². The molecule has 2 aliphatic rings. The molecule has 1 atom stereocenters. The van der Waals surface area contributed by atoms with Gasteiger partial charge in [0.25, 0.3) is 5.91 Å². The first-order valence-electron chi connectivity index (χ1n) is 12.8. The summed E-state index contributed by atoms with van der Waals surface area (Å²) >= 11 is 0. The molecule has 0 fully saturated rings. The van der Waals surface area contributed by atoms with E-state index in [0.717, 1.165) is 6.20 Å². The predicted molar refractivity (Wildman–Crippen MR) is 136 cm³/mol. The summed E-state index contributed by atoms with van der Waals surface area (Å²) in [5.41, 5.74) is 1.47. The number of esters is 1. The fraction of sp³-hybridized carbons (Fsp3) is 0.379. The Balaban J connectivity index is 1.80. The molecule has 0 N–H and O–H groups in total. The SMILES string of the molecule is CC(C)C(=O)Oc1c2n(ncc1=O)C(C1c3cccc(F)c3CCc3c(F)cccc31)CN(C(C)C)C2=O. The first-order chi connectivity index (χ1) is 18.1. The number of fused-ring (bicyclic) bond motifs is 3. The average Bonchev–Trinajstić information content (AvgIpc) is 3.04. The van der Waals surface area contributed by atoms with Crippen LogP contribution in [-0.4, -0.2) is 39.1 Å². The molecule has 9 heteroatoms. The van der Waals surface area contributed by atoms with Crippen LogP contribution < -0.4 is 10.2 Å². The lowest BCUT2D eigenvalue weighted by atomic mass is 9.81. The summed E-state index contributed by atoms with van der Waals surface area (Å²) < 4.78 is 37.1. The number of hydrogen-bond donors (Lipinski definition) is 0. The first-order valence-corrected chi connectivity index (χ1v) is 12.8. The summed E-state index contributed by atoms with van der Waals surface area (Å²) in [4.78, 5) is 40.6. The van der Waals surface area contributed by atoms with Gasteiger partial charge in [0.05, 0.1) is 18.2 Å². The van der Waals surface area contributed by atoms with Gasteiger partial charge in [0.15, 0.2) is 5.69 Å². The van der Waals surface area contributed by atoms with Gasteiger partial charge in [-0.05, 0) is 61.1 Å². The minimum atomic E-state index is -0.693. The molecule has 1 aliphatic carbocycles. The summed E-state index contributed by atoms with van der Waals surface area (Å²) in [6.45, 7) is 7.11. The van der Waals surface area contributed by atoms with Crippen LogP contribution in [0.5, 0.6) is 5.75 Å². The Kier molecular flexibility index (Phi) is 6.63. The number of halogens is 2. The third-order valence-corrected chi connectivity index (χ3v) is 7.42. The van der Waals surface area contributed by atoms with Gasteiger partial charge in [0.1, 0.15) is 11.6 Å². The van der Waals surface area contributed by atoms with Crippen molar-refractivity contribution in [1.29, 1.82) is 0 Å². The van der Waals surface area contributed by atoms with E-state index >= 15 is 8.78 Å². The Morgan fingerprint density at radius 1 is 0.974 bits per heavy atom. The summed E-state index contributed by atoms with van der Waals surface area (Å²) in [5.74, 6) is -3.43. The number of benzene rings is 2. The van der Waals surface area contributed by atoms with Crippen LogP contribution in [0.25, 0.3) is 0 Å². The number of hydrogen-bond acceptors (Lipinski definition) is 5. The van der Waals surface area contributed by atoms with Crippen LogP contribution in [-0.2, 0) is 17.6 Å². The average molecular weight is 522 g/mol. The quantitative estimate of drug-likeness (QED) is 0.475. The third-order valence-electron chi connectivity index (χ3n) is 7.42. The monoisotopic (exact) mass is 521 g/mol. The van der Waals surface area contributed by atoms with Gasteiger partial charge < -0.3 is 9.64 Å². The molecule has 0 spiro atoms. The lowest BCUT2D eigenvalue weighted by Gasteiger charge is -2.41. The molecule has 0 saturated carbocycles. The van der Waals surface area contributed by atoms with E-state index in [-0.39, 0.29) is 35.7 Å². The maximum Gasteiger partial charge on any atom is 0.313 e. The van der Waals surface area contributed by atoms with Gasteiger partial charge in [-0.2, -0.15) is 5.10 Å². The fourth-order valence-corrected chi connectivity index (χ4v) is 5.50. The molecule has 38 heavy (non-hydrogen) atoms. The maximum atomic E-state index is 15.1. The zero-order chi connectivity index (χ0) is 27.3. The normalized spacial score (nSPS) is 17.2. The van der Waals surface area contributed by atoms with Gasteiger partial charge in [-0.3, -0.25) is 19.1 Å². The van der Waals surface area contributed by atoms with Gasteiger partial charge >= 0.3 is 5.97 Å². The van der Waals surface area contributed by atoms with Crippen molar-refractivity contribution in [1.82, 2.24) is 14.7 Å². The van der Waals surface area contributed by atoms with Gasteiger partial charge in [-0.1, -0.05) is 38.1 Å². The van der Waals surface area contributed by atoms with Crippen molar-refractivity contribution in [3.63, 3.8) is 0 Å². The van der Waals surface area contributed by atoms with E-state index in [1.165, 1.54) is 16.8 Å². The molecular formula is C29H29F2N3O4.